The van der Waals surface area contributed by atoms with Gasteiger partial charge in [-0.15, -0.1) is 0 Å². The summed E-state index contributed by atoms with van der Waals surface area (Å²) >= 11 is 0. The van der Waals surface area contributed by atoms with Crippen molar-refractivity contribution >= 4 is 17.4 Å². The van der Waals surface area contributed by atoms with Crippen LogP contribution >= 0.6 is 0 Å². The van der Waals surface area contributed by atoms with Gasteiger partial charge in [0, 0.05) is 0 Å². The number of rotatable bonds is 2. The standard InChI is InChI=1S/2C3H8O2.Al.ClH/c2*1-3(5)2-4;;/h2*3-5H,2H2,1H3;;1H/q;;+3;/p-1. The molecule has 6 heteroatoms. The summed E-state index contributed by atoms with van der Waals surface area (Å²) in [6.45, 7) is 2.78. The van der Waals surface area contributed by atoms with Gasteiger partial charge in [-0.25, -0.2) is 0 Å². The maximum atomic E-state index is 8.11. The molecule has 0 rings (SSSR count). The minimum atomic E-state index is -0.560. The SMILES string of the molecule is CC(O)CO.CC(O)CO.[Al+3].[Cl-]. The fraction of sp³-hybridized carbons (Fsp3) is 1.00. The van der Waals surface area contributed by atoms with Gasteiger partial charge in [-0.1, -0.05) is 0 Å². The minimum Gasteiger partial charge on any atom is -1.00 e. The van der Waals surface area contributed by atoms with Crippen molar-refractivity contribution in [2.45, 2.75) is 26.1 Å². The van der Waals surface area contributed by atoms with E-state index in [-0.39, 0.29) is 43.0 Å². The summed E-state index contributed by atoms with van der Waals surface area (Å²) < 4.78 is 0. The molecule has 4 N–H and O–H groups in total. The molecule has 0 bridgehead atoms. The van der Waals surface area contributed by atoms with E-state index in [1.54, 1.807) is 0 Å². The monoisotopic (exact) mass is 214 g/mol. The molecule has 0 heterocycles. The molecule has 0 spiro atoms. The van der Waals surface area contributed by atoms with Crippen molar-refractivity contribution in [2.24, 2.45) is 0 Å². The van der Waals surface area contributed by atoms with Gasteiger partial charge in [0.25, 0.3) is 0 Å². The molecule has 0 saturated carbocycles. The van der Waals surface area contributed by atoms with Crippen LogP contribution in [-0.2, 0) is 0 Å². The summed E-state index contributed by atoms with van der Waals surface area (Å²) in [7, 11) is 0. The molecule has 4 nitrogen and oxygen atoms in total. The Morgan fingerprint density at radius 3 is 1.00 bits per heavy atom. The first-order chi connectivity index (χ1) is 4.54. The van der Waals surface area contributed by atoms with Gasteiger partial charge in [0.1, 0.15) is 0 Å². The predicted molar refractivity (Wildman–Crippen MR) is 43.3 cm³/mol. The molecule has 0 aliphatic heterocycles. The molecule has 0 amide bonds. The van der Waals surface area contributed by atoms with Crippen molar-refractivity contribution in [3.05, 3.63) is 0 Å². The van der Waals surface area contributed by atoms with E-state index in [0.717, 1.165) is 0 Å². The average Bonchev–Trinajstić information content (AvgIpc) is 1.89. The average molecular weight is 215 g/mol. The smallest absolute Gasteiger partial charge is 1.00 e. The summed E-state index contributed by atoms with van der Waals surface area (Å²) in [5, 5.41) is 32.0. The zero-order valence-electron chi connectivity index (χ0n) is 7.31. The number of halogens is 1. The quantitative estimate of drug-likeness (QED) is 0.349. The van der Waals surface area contributed by atoms with Crippen molar-refractivity contribution in [2.75, 3.05) is 13.2 Å². The summed E-state index contributed by atoms with van der Waals surface area (Å²) in [4.78, 5) is 0. The Hall–Kier alpha value is 0.662. The van der Waals surface area contributed by atoms with Crippen molar-refractivity contribution < 1.29 is 32.8 Å². The third-order valence-corrected chi connectivity index (χ3v) is 0.528. The van der Waals surface area contributed by atoms with E-state index in [4.69, 9.17) is 20.4 Å². The van der Waals surface area contributed by atoms with Crippen molar-refractivity contribution in [3.8, 4) is 0 Å². The van der Waals surface area contributed by atoms with E-state index in [2.05, 4.69) is 0 Å². The van der Waals surface area contributed by atoms with Crippen molar-refractivity contribution in [1.82, 2.24) is 0 Å². The van der Waals surface area contributed by atoms with Crippen molar-refractivity contribution in [1.29, 1.82) is 0 Å². The van der Waals surface area contributed by atoms with Crippen LogP contribution < -0.4 is 12.4 Å². The Balaban J connectivity index is -0.0000000457. The second-order valence-electron chi connectivity index (χ2n) is 2.06. The van der Waals surface area contributed by atoms with E-state index in [0.29, 0.717) is 0 Å². The summed E-state index contributed by atoms with van der Waals surface area (Å²) in [6.07, 6.45) is -1.12. The molecule has 0 aromatic carbocycles. The van der Waals surface area contributed by atoms with Gasteiger partial charge in [0.15, 0.2) is 0 Å². The Bertz CT molecular complexity index is 55.5. The van der Waals surface area contributed by atoms with Crippen LogP contribution in [0.2, 0.25) is 0 Å². The molecule has 72 valence electrons. The van der Waals surface area contributed by atoms with Gasteiger partial charge in [-0.3, -0.25) is 0 Å². The number of hydrogen-bond acceptors (Lipinski definition) is 4. The zero-order chi connectivity index (χ0) is 8.57. The van der Waals surface area contributed by atoms with Gasteiger partial charge in [-0.05, 0) is 13.8 Å². The topological polar surface area (TPSA) is 80.9 Å². The van der Waals surface area contributed by atoms with Gasteiger partial charge in [-0.2, -0.15) is 0 Å². The number of hydrogen-bond donors (Lipinski definition) is 4. The maximum absolute atomic E-state index is 8.11. The van der Waals surface area contributed by atoms with Crippen LogP contribution in [0.1, 0.15) is 13.8 Å². The predicted octanol–water partition coefficient (Wildman–Crippen LogP) is -4.66. The maximum Gasteiger partial charge on any atom is 3.00 e. The summed E-state index contributed by atoms with van der Waals surface area (Å²) in [5.74, 6) is 0. The first-order valence-electron chi connectivity index (χ1n) is 3.12. The fourth-order valence-electron chi connectivity index (χ4n) is 0. The molecule has 0 aromatic heterocycles. The van der Waals surface area contributed by atoms with E-state index < -0.39 is 12.2 Å². The van der Waals surface area contributed by atoms with Crippen LogP contribution in [0.3, 0.4) is 0 Å². The molecule has 0 aromatic rings. The van der Waals surface area contributed by atoms with Gasteiger partial charge >= 0.3 is 17.4 Å². The first kappa shape index (κ1) is 23.0. The van der Waals surface area contributed by atoms with Crippen LogP contribution in [0, 0.1) is 0 Å². The minimum absolute atomic E-state index is 0. The summed E-state index contributed by atoms with van der Waals surface area (Å²) in [6, 6.07) is 0. The largest absolute Gasteiger partial charge is 3.00 e. The van der Waals surface area contributed by atoms with Crippen LogP contribution in [0.25, 0.3) is 0 Å². The van der Waals surface area contributed by atoms with E-state index in [1.807, 2.05) is 0 Å². The molecule has 0 fully saturated rings. The molecule has 0 aliphatic rings. The first-order valence-corrected chi connectivity index (χ1v) is 3.12. The van der Waals surface area contributed by atoms with Crippen LogP contribution in [0.4, 0.5) is 0 Å². The Morgan fingerprint density at radius 1 is 0.917 bits per heavy atom. The Morgan fingerprint density at radius 2 is 1.00 bits per heavy atom. The second-order valence-corrected chi connectivity index (χ2v) is 2.06. The van der Waals surface area contributed by atoms with E-state index in [9.17, 15) is 0 Å². The van der Waals surface area contributed by atoms with E-state index >= 15 is 0 Å². The van der Waals surface area contributed by atoms with Crippen LogP contribution in [0.15, 0.2) is 0 Å². The third kappa shape index (κ3) is 45.8. The van der Waals surface area contributed by atoms with Gasteiger partial charge in [0.2, 0.25) is 0 Å². The van der Waals surface area contributed by atoms with Gasteiger partial charge < -0.3 is 32.8 Å². The molecule has 0 aliphatic carbocycles. The molecule has 2 unspecified atom stereocenters. The molecule has 0 saturated heterocycles. The Kier molecular flexibility index (Phi) is 33.8. The fourth-order valence-corrected chi connectivity index (χ4v) is 0. The second kappa shape index (κ2) is 17.7. The third-order valence-electron chi connectivity index (χ3n) is 0.528. The molecular weight excluding hydrogens is 198 g/mol. The van der Waals surface area contributed by atoms with E-state index in [1.165, 1.54) is 13.8 Å². The molecule has 0 radical (unpaired) electrons. The van der Waals surface area contributed by atoms with Crippen LogP contribution in [0.5, 0.6) is 0 Å². The molecule has 2 atom stereocenters. The number of aliphatic hydroxyl groups is 4. The Labute approximate surface area is 89.8 Å². The zero-order valence-corrected chi connectivity index (χ0v) is 9.22. The van der Waals surface area contributed by atoms with Gasteiger partial charge in [0.05, 0.1) is 25.4 Å². The van der Waals surface area contributed by atoms with Crippen LogP contribution in [-0.4, -0.2) is 63.2 Å². The van der Waals surface area contributed by atoms with Crippen molar-refractivity contribution in [3.63, 3.8) is 0 Å². The molecule has 12 heavy (non-hydrogen) atoms. The molecular formula is C6H16AlClO4+2. The summed E-state index contributed by atoms with van der Waals surface area (Å²) in [5.41, 5.74) is 0. The number of aliphatic hydroxyl groups excluding tert-OH is 4. The normalized spacial score (nSPS) is 12.5.